The van der Waals surface area contributed by atoms with Gasteiger partial charge in [0.2, 0.25) is 0 Å². The lowest BCUT2D eigenvalue weighted by molar-refractivity contribution is 0.198. The van der Waals surface area contributed by atoms with Crippen LogP contribution in [0.3, 0.4) is 0 Å². The smallest absolute Gasteiger partial charge is 0.318 e. The molecular weight excluding hydrogens is 176 g/mol. The molecule has 3 heteroatoms. The Hall–Kier alpha value is -1.17. The van der Waals surface area contributed by atoms with E-state index < -0.39 is 0 Å². The van der Waals surface area contributed by atoms with E-state index in [0.717, 1.165) is 25.9 Å². The van der Waals surface area contributed by atoms with Gasteiger partial charge in [-0.15, -0.1) is 6.42 Å². The summed E-state index contributed by atoms with van der Waals surface area (Å²) in [4.78, 5) is 13.5. The van der Waals surface area contributed by atoms with E-state index in [0.29, 0.717) is 0 Å². The van der Waals surface area contributed by atoms with E-state index in [9.17, 15) is 4.79 Å². The summed E-state index contributed by atoms with van der Waals surface area (Å²) in [5, 5.41) is 2.78. The standard InChI is InChI=1S/C11H18N2O/c1-3-10(2)12-11(14)13-8-6-4-5-7-9-13/h1,10H,4-9H2,2H3,(H,12,14). The van der Waals surface area contributed by atoms with Gasteiger partial charge in [-0.25, -0.2) is 4.79 Å². The average molecular weight is 194 g/mol. The van der Waals surface area contributed by atoms with E-state index in [4.69, 9.17) is 6.42 Å². The Morgan fingerprint density at radius 3 is 2.43 bits per heavy atom. The molecular formula is C11H18N2O. The minimum absolute atomic E-state index is 0.0163. The monoisotopic (exact) mass is 194 g/mol. The number of carbonyl (C=O) groups excluding carboxylic acids is 1. The molecule has 0 spiro atoms. The number of hydrogen-bond donors (Lipinski definition) is 1. The Bertz CT molecular complexity index is 224. The molecule has 1 unspecified atom stereocenters. The van der Waals surface area contributed by atoms with Gasteiger partial charge < -0.3 is 10.2 Å². The summed E-state index contributed by atoms with van der Waals surface area (Å²) < 4.78 is 0. The van der Waals surface area contributed by atoms with E-state index >= 15 is 0 Å². The van der Waals surface area contributed by atoms with Crippen LogP contribution in [0.15, 0.2) is 0 Å². The van der Waals surface area contributed by atoms with Gasteiger partial charge in [0.25, 0.3) is 0 Å². The van der Waals surface area contributed by atoms with Gasteiger partial charge in [-0.2, -0.15) is 0 Å². The van der Waals surface area contributed by atoms with Crippen molar-refractivity contribution >= 4 is 6.03 Å². The van der Waals surface area contributed by atoms with Gasteiger partial charge >= 0.3 is 6.03 Å². The molecule has 2 amide bonds. The number of rotatable bonds is 1. The number of terminal acetylenes is 1. The van der Waals surface area contributed by atoms with Crippen molar-refractivity contribution in [2.75, 3.05) is 13.1 Å². The summed E-state index contributed by atoms with van der Waals surface area (Å²) in [5.74, 6) is 2.49. The number of nitrogens with one attached hydrogen (secondary N) is 1. The van der Waals surface area contributed by atoms with E-state index in [2.05, 4.69) is 11.2 Å². The Kier molecular flexibility index (Phi) is 4.31. The van der Waals surface area contributed by atoms with Crippen molar-refractivity contribution in [3.8, 4) is 12.3 Å². The third-order valence-electron chi connectivity index (χ3n) is 2.48. The second kappa shape index (κ2) is 5.54. The molecule has 1 rings (SSSR count). The molecule has 14 heavy (non-hydrogen) atoms. The molecule has 78 valence electrons. The second-order valence-electron chi connectivity index (χ2n) is 3.74. The average Bonchev–Trinajstić information content (AvgIpc) is 2.45. The molecule has 1 aliphatic rings. The lowest BCUT2D eigenvalue weighted by atomic mass is 10.2. The summed E-state index contributed by atoms with van der Waals surface area (Å²) in [7, 11) is 0. The Labute approximate surface area is 85.9 Å². The van der Waals surface area contributed by atoms with Gasteiger partial charge in [0.15, 0.2) is 0 Å². The van der Waals surface area contributed by atoms with Crippen molar-refractivity contribution < 1.29 is 4.79 Å². The zero-order chi connectivity index (χ0) is 10.4. The van der Waals surface area contributed by atoms with Crippen molar-refractivity contribution in [3.63, 3.8) is 0 Å². The van der Waals surface area contributed by atoms with Crippen LogP contribution in [-0.4, -0.2) is 30.1 Å². The van der Waals surface area contributed by atoms with Crippen molar-refractivity contribution in [1.29, 1.82) is 0 Å². The number of nitrogens with zero attached hydrogens (tertiary/aromatic N) is 1. The molecule has 3 nitrogen and oxygen atoms in total. The lowest BCUT2D eigenvalue weighted by Crippen LogP contribution is -2.43. The predicted octanol–water partition coefficient (Wildman–Crippen LogP) is 1.59. The molecule has 0 bridgehead atoms. The second-order valence-corrected chi connectivity index (χ2v) is 3.74. The zero-order valence-corrected chi connectivity index (χ0v) is 8.75. The molecule has 1 saturated heterocycles. The SMILES string of the molecule is C#CC(C)NC(=O)N1CCCCCC1. The maximum Gasteiger partial charge on any atom is 0.318 e. The molecule has 1 atom stereocenters. The first kappa shape index (κ1) is 10.9. The van der Waals surface area contributed by atoms with Crippen molar-refractivity contribution in [2.24, 2.45) is 0 Å². The van der Waals surface area contributed by atoms with Gasteiger partial charge in [0.05, 0.1) is 6.04 Å². The molecule has 0 aromatic rings. The fourth-order valence-corrected chi connectivity index (χ4v) is 1.59. The van der Waals surface area contributed by atoms with E-state index in [-0.39, 0.29) is 12.1 Å². The maximum atomic E-state index is 11.6. The Morgan fingerprint density at radius 1 is 1.36 bits per heavy atom. The molecule has 1 fully saturated rings. The molecule has 0 aromatic carbocycles. The van der Waals surface area contributed by atoms with E-state index in [1.165, 1.54) is 12.8 Å². The van der Waals surface area contributed by atoms with Crippen LogP contribution in [0, 0.1) is 12.3 Å². The molecule has 0 radical (unpaired) electrons. The highest BCUT2D eigenvalue weighted by Gasteiger charge is 2.15. The van der Waals surface area contributed by atoms with Crippen molar-refractivity contribution in [1.82, 2.24) is 10.2 Å². The highest BCUT2D eigenvalue weighted by molar-refractivity contribution is 5.74. The molecule has 0 saturated carbocycles. The van der Waals surface area contributed by atoms with Gasteiger partial charge in [-0.3, -0.25) is 0 Å². The van der Waals surface area contributed by atoms with Crippen LogP contribution >= 0.6 is 0 Å². The lowest BCUT2D eigenvalue weighted by Gasteiger charge is -2.21. The zero-order valence-electron chi connectivity index (χ0n) is 8.75. The van der Waals surface area contributed by atoms with Crippen LogP contribution in [0.25, 0.3) is 0 Å². The van der Waals surface area contributed by atoms with Crippen LogP contribution in [-0.2, 0) is 0 Å². The first-order chi connectivity index (χ1) is 6.74. The quantitative estimate of drug-likeness (QED) is 0.632. The summed E-state index contributed by atoms with van der Waals surface area (Å²) in [6.45, 7) is 3.54. The van der Waals surface area contributed by atoms with Crippen molar-refractivity contribution in [3.05, 3.63) is 0 Å². The third-order valence-corrected chi connectivity index (χ3v) is 2.48. The first-order valence-corrected chi connectivity index (χ1v) is 5.25. The first-order valence-electron chi connectivity index (χ1n) is 5.25. The fourth-order valence-electron chi connectivity index (χ4n) is 1.59. The van der Waals surface area contributed by atoms with Gasteiger partial charge in [-0.1, -0.05) is 18.8 Å². The highest BCUT2D eigenvalue weighted by Crippen LogP contribution is 2.09. The van der Waals surface area contributed by atoms with Crippen LogP contribution in [0.1, 0.15) is 32.6 Å². The van der Waals surface area contributed by atoms with Gasteiger partial charge in [0, 0.05) is 13.1 Å². The van der Waals surface area contributed by atoms with E-state index in [1.54, 1.807) is 0 Å². The summed E-state index contributed by atoms with van der Waals surface area (Å²) >= 11 is 0. The number of amides is 2. The predicted molar refractivity (Wildman–Crippen MR) is 56.9 cm³/mol. The number of likely N-dealkylation sites (tertiary alicyclic amines) is 1. The molecule has 1 N–H and O–H groups in total. The highest BCUT2D eigenvalue weighted by atomic mass is 16.2. The normalized spacial score (nSPS) is 19.3. The minimum Gasteiger partial charge on any atom is -0.325 e. The van der Waals surface area contributed by atoms with Crippen molar-refractivity contribution in [2.45, 2.75) is 38.6 Å². The number of hydrogen-bond acceptors (Lipinski definition) is 1. The van der Waals surface area contributed by atoms with Crippen LogP contribution in [0.2, 0.25) is 0 Å². The number of carbonyl (C=O) groups is 1. The molecule has 0 aromatic heterocycles. The fraction of sp³-hybridized carbons (Fsp3) is 0.727. The number of urea groups is 1. The topological polar surface area (TPSA) is 32.3 Å². The third kappa shape index (κ3) is 3.29. The minimum atomic E-state index is -0.175. The summed E-state index contributed by atoms with van der Waals surface area (Å²) in [6.07, 6.45) is 9.88. The van der Waals surface area contributed by atoms with Gasteiger partial charge in [0.1, 0.15) is 0 Å². The van der Waals surface area contributed by atoms with E-state index in [1.807, 2.05) is 11.8 Å². The maximum absolute atomic E-state index is 11.6. The largest absolute Gasteiger partial charge is 0.325 e. The molecule has 1 heterocycles. The van der Waals surface area contributed by atoms with Crippen LogP contribution < -0.4 is 5.32 Å². The summed E-state index contributed by atoms with van der Waals surface area (Å²) in [5.41, 5.74) is 0. The summed E-state index contributed by atoms with van der Waals surface area (Å²) in [6, 6.07) is -0.192. The van der Waals surface area contributed by atoms with Crippen LogP contribution in [0.4, 0.5) is 4.79 Å². The van der Waals surface area contributed by atoms with Gasteiger partial charge in [-0.05, 0) is 19.8 Å². The molecule has 1 aliphatic heterocycles. The Morgan fingerprint density at radius 2 is 1.93 bits per heavy atom. The Balaban J connectivity index is 2.38. The van der Waals surface area contributed by atoms with Crippen LogP contribution in [0.5, 0.6) is 0 Å². The molecule has 0 aliphatic carbocycles.